The highest BCUT2D eigenvalue weighted by molar-refractivity contribution is 5.66. The summed E-state index contributed by atoms with van der Waals surface area (Å²) < 4.78 is 5.76. The van der Waals surface area contributed by atoms with Crippen LogP contribution in [0.2, 0.25) is 0 Å². The van der Waals surface area contributed by atoms with Gasteiger partial charge in [-0.1, -0.05) is 18.2 Å². The smallest absolute Gasteiger partial charge is 0.302 e. The van der Waals surface area contributed by atoms with Gasteiger partial charge in [-0.05, 0) is 74.2 Å². The van der Waals surface area contributed by atoms with Crippen LogP contribution in [0, 0.1) is 41.4 Å². The monoisotopic (exact) mass is 324 g/mol. The van der Waals surface area contributed by atoms with Crippen molar-refractivity contribution >= 4 is 5.97 Å². The summed E-state index contributed by atoms with van der Waals surface area (Å²) in [5, 5.41) is 0. The molecule has 2 heteroatoms. The van der Waals surface area contributed by atoms with Gasteiger partial charge in [-0.3, -0.25) is 4.79 Å². The first kappa shape index (κ1) is 16.0. The number of carbonyl (C=O) groups is 1. The average molecular weight is 324 g/mol. The predicted octanol–water partition coefficient (Wildman–Crippen LogP) is 4.66. The first-order valence-corrected chi connectivity index (χ1v) is 9.63. The Kier molecular flexibility index (Phi) is 4.07. The number of terminal acetylenes is 1. The van der Waals surface area contributed by atoms with Crippen LogP contribution in [0.4, 0.5) is 0 Å². The van der Waals surface area contributed by atoms with Crippen LogP contribution < -0.4 is 0 Å². The molecule has 0 aromatic carbocycles. The zero-order chi connectivity index (χ0) is 16.7. The van der Waals surface area contributed by atoms with E-state index in [1.807, 2.05) is 0 Å². The van der Waals surface area contributed by atoms with E-state index in [1.165, 1.54) is 39.0 Å². The summed E-state index contributed by atoms with van der Waals surface area (Å²) in [5.41, 5.74) is 1.62. The Morgan fingerprint density at radius 3 is 3.00 bits per heavy atom. The van der Waals surface area contributed by atoms with Crippen LogP contribution in [-0.2, 0) is 9.53 Å². The second-order valence-electron chi connectivity index (χ2n) is 8.29. The van der Waals surface area contributed by atoms with Gasteiger partial charge in [-0.2, -0.15) is 0 Å². The van der Waals surface area contributed by atoms with Gasteiger partial charge in [0.1, 0.15) is 6.10 Å². The van der Waals surface area contributed by atoms with Gasteiger partial charge in [-0.15, -0.1) is 12.3 Å². The van der Waals surface area contributed by atoms with Gasteiger partial charge in [0, 0.05) is 18.8 Å². The molecule has 2 nitrogen and oxygen atoms in total. The fourth-order valence-electron chi connectivity index (χ4n) is 6.56. The third-order valence-electron chi connectivity index (χ3n) is 7.39. The third kappa shape index (κ3) is 2.36. The normalized spacial score (nSPS) is 43.0. The van der Waals surface area contributed by atoms with Gasteiger partial charge in [-0.25, -0.2) is 0 Å². The summed E-state index contributed by atoms with van der Waals surface area (Å²) >= 11 is 0. The molecule has 0 radical (unpaired) electrons. The first-order valence-electron chi connectivity index (χ1n) is 9.63. The lowest BCUT2D eigenvalue weighted by molar-refractivity contribution is -0.156. The van der Waals surface area contributed by atoms with Crippen molar-refractivity contribution in [3.63, 3.8) is 0 Å². The van der Waals surface area contributed by atoms with Crippen molar-refractivity contribution in [1.29, 1.82) is 0 Å². The van der Waals surface area contributed by atoms with E-state index in [4.69, 9.17) is 11.2 Å². The number of carbonyl (C=O) groups excluding carboxylic acids is 1. The summed E-state index contributed by atoms with van der Waals surface area (Å²) in [4.78, 5) is 11.6. The number of hydrogen-bond donors (Lipinski definition) is 0. The van der Waals surface area contributed by atoms with Crippen molar-refractivity contribution in [2.24, 2.45) is 29.1 Å². The zero-order valence-electron chi connectivity index (χ0n) is 14.7. The second-order valence-corrected chi connectivity index (χ2v) is 8.29. The molecule has 24 heavy (non-hydrogen) atoms. The van der Waals surface area contributed by atoms with Crippen molar-refractivity contribution < 1.29 is 9.53 Å². The second kappa shape index (κ2) is 6.10. The highest BCUT2D eigenvalue weighted by Gasteiger charge is 2.58. The summed E-state index contributed by atoms with van der Waals surface area (Å²) in [6.07, 6.45) is 22.0. The summed E-state index contributed by atoms with van der Waals surface area (Å²) in [5.74, 6) is 5.70. The van der Waals surface area contributed by atoms with Crippen LogP contribution in [0.15, 0.2) is 23.8 Å². The van der Waals surface area contributed by atoms with Crippen molar-refractivity contribution in [2.45, 2.75) is 64.4 Å². The number of hydrogen-bond acceptors (Lipinski definition) is 2. The van der Waals surface area contributed by atoms with Gasteiger partial charge in [0.2, 0.25) is 0 Å². The lowest BCUT2D eigenvalue weighted by Gasteiger charge is -2.53. The number of fused-ring (bicyclic) bond motifs is 5. The standard InChI is InChI=1S/C22H28O2/c1-3-13-22-14-12-18-17-7-5-4-6-16(17)8-9-19(18)20(22)10-11-21(22)24-15(2)23/h1,4,6,8,17-21H,5,7,9-14H2,2H3/t17-,18+,19+,20-,21-,22-/m0/s1. The quantitative estimate of drug-likeness (QED) is 0.545. The molecular weight excluding hydrogens is 296 g/mol. The molecule has 0 aromatic rings. The Hall–Kier alpha value is -1.49. The van der Waals surface area contributed by atoms with Gasteiger partial charge in [0.15, 0.2) is 0 Å². The fourth-order valence-corrected chi connectivity index (χ4v) is 6.56. The minimum atomic E-state index is -0.151. The molecule has 0 saturated heterocycles. The van der Waals surface area contributed by atoms with E-state index >= 15 is 0 Å². The SMILES string of the molecule is C#CC[C@]12CC[C@H]3[C@@H](CC=C4C=CCC[C@@H]43)[C@@H]1CC[C@@H]2OC(C)=O. The van der Waals surface area contributed by atoms with Crippen LogP contribution in [0.1, 0.15) is 58.3 Å². The van der Waals surface area contributed by atoms with Gasteiger partial charge >= 0.3 is 5.97 Å². The maximum absolute atomic E-state index is 11.6. The lowest BCUT2D eigenvalue weighted by atomic mass is 9.52. The summed E-state index contributed by atoms with van der Waals surface area (Å²) in [6.45, 7) is 1.53. The third-order valence-corrected chi connectivity index (χ3v) is 7.39. The number of rotatable bonds is 2. The van der Waals surface area contributed by atoms with Crippen LogP contribution >= 0.6 is 0 Å². The number of allylic oxidation sites excluding steroid dienone is 4. The van der Waals surface area contributed by atoms with Crippen LogP contribution in [-0.4, -0.2) is 12.1 Å². The molecule has 2 fully saturated rings. The molecule has 0 aromatic heterocycles. The van der Waals surface area contributed by atoms with Crippen LogP contribution in [0.5, 0.6) is 0 Å². The van der Waals surface area contributed by atoms with E-state index < -0.39 is 0 Å². The van der Waals surface area contributed by atoms with Crippen molar-refractivity contribution in [1.82, 2.24) is 0 Å². The van der Waals surface area contributed by atoms with E-state index in [-0.39, 0.29) is 17.5 Å². The maximum Gasteiger partial charge on any atom is 0.302 e. The van der Waals surface area contributed by atoms with Crippen molar-refractivity contribution in [2.75, 3.05) is 0 Å². The zero-order valence-corrected chi connectivity index (χ0v) is 14.7. The summed E-state index contributed by atoms with van der Waals surface area (Å²) in [7, 11) is 0. The van der Waals surface area contributed by atoms with Gasteiger partial charge in [0.05, 0.1) is 0 Å². The molecule has 128 valence electrons. The van der Waals surface area contributed by atoms with E-state index in [9.17, 15) is 4.79 Å². The molecule has 4 rings (SSSR count). The van der Waals surface area contributed by atoms with Crippen molar-refractivity contribution in [3.8, 4) is 12.3 Å². The molecule has 0 N–H and O–H groups in total. The number of esters is 1. The first-order chi connectivity index (χ1) is 11.7. The highest BCUT2D eigenvalue weighted by atomic mass is 16.5. The molecule has 0 aliphatic heterocycles. The molecule has 0 unspecified atom stereocenters. The molecule has 0 heterocycles. The Morgan fingerprint density at radius 1 is 1.33 bits per heavy atom. The van der Waals surface area contributed by atoms with E-state index in [0.717, 1.165) is 37.0 Å². The minimum absolute atomic E-state index is 0.0358. The molecule has 0 amide bonds. The highest BCUT2D eigenvalue weighted by Crippen LogP contribution is 2.62. The van der Waals surface area contributed by atoms with Crippen LogP contribution in [0.3, 0.4) is 0 Å². The van der Waals surface area contributed by atoms with Gasteiger partial charge in [0.25, 0.3) is 0 Å². The molecule has 6 atom stereocenters. The number of ether oxygens (including phenoxy) is 1. The molecule has 4 aliphatic rings. The topological polar surface area (TPSA) is 26.3 Å². The Bertz CT molecular complexity index is 622. The minimum Gasteiger partial charge on any atom is -0.462 e. The van der Waals surface area contributed by atoms with Crippen LogP contribution in [0.25, 0.3) is 0 Å². The molecule has 2 saturated carbocycles. The largest absolute Gasteiger partial charge is 0.462 e. The van der Waals surface area contributed by atoms with E-state index in [1.54, 1.807) is 5.57 Å². The Labute approximate surface area is 145 Å². The average Bonchev–Trinajstić information content (AvgIpc) is 2.93. The van der Waals surface area contributed by atoms with E-state index in [2.05, 4.69) is 24.1 Å². The molecular formula is C22H28O2. The molecule has 0 spiro atoms. The lowest BCUT2D eigenvalue weighted by Crippen LogP contribution is -2.48. The molecule has 0 bridgehead atoms. The predicted molar refractivity (Wildman–Crippen MR) is 94.9 cm³/mol. The Balaban J connectivity index is 1.64. The Morgan fingerprint density at radius 2 is 2.21 bits per heavy atom. The summed E-state index contributed by atoms with van der Waals surface area (Å²) in [6, 6.07) is 0. The maximum atomic E-state index is 11.6. The fraction of sp³-hybridized carbons (Fsp3) is 0.682. The van der Waals surface area contributed by atoms with Crippen molar-refractivity contribution in [3.05, 3.63) is 23.8 Å². The van der Waals surface area contributed by atoms with Gasteiger partial charge < -0.3 is 4.74 Å². The molecule has 4 aliphatic carbocycles. The van der Waals surface area contributed by atoms with E-state index in [0.29, 0.717) is 5.92 Å².